The second kappa shape index (κ2) is 5.28. The van der Waals surface area contributed by atoms with Gasteiger partial charge in [0, 0.05) is 18.0 Å². The van der Waals surface area contributed by atoms with E-state index in [2.05, 4.69) is 25.2 Å². The van der Waals surface area contributed by atoms with Crippen LogP contribution in [0, 0.1) is 0 Å². The molecule has 1 heterocycles. The molecule has 0 radical (unpaired) electrons. The average molecular weight is 254 g/mol. The van der Waals surface area contributed by atoms with E-state index in [-0.39, 0.29) is 0 Å². The molecular weight excluding hydrogens is 234 g/mol. The van der Waals surface area contributed by atoms with Crippen LogP contribution in [0.1, 0.15) is 43.2 Å². The van der Waals surface area contributed by atoms with E-state index in [4.69, 9.17) is 16.3 Å². The van der Waals surface area contributed by atoms with Crippen LogP contribution in [-0.2, 0) is 0 Å². The van der Waals surface area contributed by atoms with Crippen molar-refractivity contribution in [2.75, 3.05) is 20.2 Å². The van der Waals surface area contributed by atoms with Crippen molar-refractivity contribution < 1.29 is 4.74 Å². The zero-order chi connectivity index (χ0) is 12.4. The number of benzene rings is 1. The van der Waals surface area contributed by atoms with Crippen molar-refractivity contribution in [3.63, 3.8) is 0 Å². The topological polar surface area (TPSA) is 21.3 Å². The summed E-state index contributed by atoms with van der Waals surface area (Å²) in [4.78, 5) is 0. The molecule has 1 aliphatic heterocycles. The fourth-order valence-corrected chi connectivity index (χ4v) is 2.72. The van der Waals surface area contributed by atoms with Crippen molar-refractivity contribution in [3.05, 3.63) is 28.3 Å². The van der Waals surface area contributed by atoms with Gasteiger partial charge in [-0.3, -0.25) is 0 Å². The molecule has 2 nitrogen and oxygen atoms in total. The average Bonchev–Trinajstić information content (AvgIpc) is 2.81. The molecular formula is C14H20ClNO. The molecule has 0 saturated carbocycles. The molecule has 1 atom stereocenters. The first-order valence-corrected chi connectivity index (χ1v) is 6.59. The van der Waals surface area contributed by atoms with Crippen molar-refractivity contribution in [1.82, 2.24) is 5.32 Å². The van der Waals surface area contributed by atoms with Crippen molar-refractivity contribution in [2.24, 2.45) is 0 Å². The maximum Gasteiger partial charge on any atom is 0.140 e. The lowest BCUT2D eigenvalue weighted by molar-refractivity contribution is 0.406. The highest BCUT2D eigenvalue weighted by atomic mass is 35.5. The van der Waals surface area contributed by atoms with Gasteiger partial charge < -0.3 is 10.1 Å². The highest BCUT2D eigenvalue weighted by molar-refractivity contribution is 6.32. The van der Waals surface area contributed by atoms with E-state index < -0.39 is 0 Å². The van der Waals surface area contributed by atoms with Crippen molar-refractivity contribution in [2.45, 2.75) is 32.1 Å². The van der Waals surface area contributed by atoms with Gasteiger partial charge in [-0.2, -0.15) is 0 Å². The van der Waals surface area contributed by atoms with E-state index in [9.17, 15) is 0 Å². The van der Waals surface area contributed by atoms with Crippen LogP contribution in [0.3, 0.4) is 0 Å². The highest BCUT2D eigenvalue weighted by Crippen LogP contribution is 2.38. The Bertz CT molecular complexity index is 397. The summed E-state index contributed by atoms with van der Waals surface area (Å²) in [5.74, 6) is 1.87. The van der Waals surface area contributed by atoms with Crippen LogP contribution in [0.4, 0.5) is 0 Å². The summed E-state index contributed by atoms with van der Waals surface area (Å²) < 4.78 is 5.46. The van der Waals surface area contributed by atoms with E-state index in [1.807, 2.05) is 6.07 Å². The summed E-state index contributed by atoms with van der Waals surface area (Å²) in [5, 5.41) is 4.13. The van der Waals surface area contributed by atoms with E-state index in [1.165, 1.54) is 11.1 Å². The minimum Gasteiger partial charge on any atom is -0.495 e. The molecule has 1 fully saturated rings. The smallest absolute Gasteiger partial charge is 0.140 e. The van der Waals surface area contributed by atoms with Gasteiger partial charge in [0.25, 0.3) is 0 Å². The third kappa shape index (κ3) is 2.58. The molecule has 1 saturated heterocycles. The third-order valence-corrected chi connectivity index (χ3v) is 3.75. The summed E-state index contributed by atoms with van der Waals surface area (Å²) in [6.07, 6.45) is 1.16. The molecule has 0 amide bonds. The molecule has 0 aromatic heterocycles. The first kappa shape index (κ1) is 12.7. The molecule has 17 heavy (non-hydrogen) atoms. The SMILES string of the molecule is COc1c(Cl)cc(C(C)C)cc1C1CCNC1. The van der Waals surface area contributed by atoms with Crippen molar-refractivity contribution in [3.8, 4) is 5.75 Å². The van der Waals surface area contributed by atoms with Gasteiger partial charge in [0.1, 0.15) is 5.75 Å². The van der Waals surface area contributed by atoms with Crippen LogP contribution in [0.5, 0.6) is 5.75 Å². The van der Waals surface area contributed by atoms with Gasteiger partial charge in [0.15, 0.2) is 0 Å². The number of hydrogen-bond acceptors (Lipinski definition) is 2. The zero-order valence-corrected chi connectivity index (χ0v) is 11.5. The van der Waals surface area contributed by atoms with Crippen molar-refractivity contribution in [1.29, 1.82) is 0 Å². The second-order valence-electron chi connectivity index (χ2n) is 4.97. The second-order valence-corrected chi connectivity index (χ2v) is 5.38. The fourth-order valence-electron chi connectivity index (χ4n) is 2.41. The van der Waals surface area contributed by atoms with Crippen LogP contribution in [-0.4, -0.2) is 20.2 Å². The van der Waals surface area contributed by atoms with E-state index >= 15 is 0 Å². The van der Waals surface area contributed by atoms with E-state index in [0.717, 1.165) is 30.3 Å². The van der Waals surface area contributed by atoms with Crippen molar-refractivity contribution >= 4 is 11.6 Å². The summed E-state index contributed by atoms with van der Waals surface area (Å²) in [6, 6.07) is 4.28. The Morgan fingerprint density at radius 3 is 2.71 bits per heavy atom. The van der Waals surface area contributed by atoms with E-state index in [1.54, 1.807) is 7.11 Å². The minimum absolute atomic E-state index is 0.492. The van der Waals surface area contributed by atoms with Crippen LogP contribution in [0.15, 0.2) is 12.1 Å². The first-order chi connectivity index (χ1) is 8.13. The van der Waals surface area contributed by atoms with E-state index in [0.29, 0.717) is 11.8 Å². The Morgan fingerprint density at radius 2 is 2.18 bits per heavy atom. The van der Waals surface area contributed by atoms with Gasteiger partial charge in [-0.25, -0.2) is 0 Å². The quantitative estimate of drug-likeness (QED) is 0.890. The van der Waals surface area contributed by atoms with Crippen LogP contribution in [0.2, 0.25) is 5.02 Å². The van der Waals surface area contributed by atoms with Gasteiger partial charge in [0.05, 0.1) is 12.1 Å². The van der Waals surface area contributed by atoms with Gasteiger partial charge in [-0.1, -0.05) is 31.5 Å². The Labute approximate surface area is 108 Å². The zero-order valence-electron chi connectivity index (χ0n) is 10.7. The number of halogens is 1. The van der Waals surface area contributed by atoms with Gasteiger partial charge in [0.2, 0.25) is 0 Å². The summed E-state index contributed by atoms with van der Waals surface area (Å²) in [6.45, 7) is 6.48. The predicted molar refractivity (Wildman–Crippen MR) is 72.3 cm³/mol. The number of nitrogens with one attached hydrogen (secondary N) is 1. The van der Waals surface area contributed by atoms with Crippen LogP contribution in [0.25, 0.3) is 0 Å². The summed E-state index contributed by atoms with van der Waals surface area (Å²) in [5.41, 5.74) is 2.55. The number of methoxy groups -OCH3 is 1. The lowest BCUT2D eigenvalue weighted by Gasteiger charge is -2.18. The lowest BCUT2D eigenvalue weighted by atomic mass is 9.92. The molecule has 2 rings (SSSR count). The standard InChI is InChI=1S/C14H20ClNO/c1-9(2)11-6-12(10-4-5-16-8-10)14(17-3)13(15)7-11/h6-7,9-10,16H,4-5,8H2,1-3H3. The molecule has 1 aromatic rings. The molecule has 1 N–H and O–H groups in total. The summed E-state index contributed by atoms with van der Waals surface area (Å²) >= 11 is 6.31. The molecule has 3 heteroatoms. The van der Waals surface area contributed by atoms with Crippen LogP contribution < -0.4 is 10.1 Å². The van der Waals surface area contributed by atoms with Crippen LogP contribution >= 0.6 is 11.6 Å². The monoisotopic (exact) mass is 253 g/mol. The largest absolute Gasteiger partial charge is 0.495 e. The van der Waals surface area contributed by atoms with Gasteiger partial charge in [-0.15, -0.1) is 0 Å². The molecule has 1 aliphatic rings. The third-order valence-electron chi connectivity index (χ3n) is 3.47. The molecule has 94 valence electrons. The predicted octanol–water partition coefficient (Wildman–Crippen LogP) is 3.55. The summed E-state index contributed by atoms with van der Waals surface area (Å²) in [7, 11) is 1.70. The number of ether oxygens (including phenoxy) is 1. The number of rotatable bonds is 3. The normalized spacial score (nSPS) is 19.9. The van der Waals surface area contributed by atoms with Gasteiger partial charge >= 0.3 is 0 Å². The Hall–Kier alpha value is -0.730. The highest BCUT2D eigenvalue weighted by Gasteiger charge is 2.23. The Morgan fingerprint density at radius 1 is 1.41 bits per heavy atom. The maximum absolute atomic E-state index is 6.31. The molecule has 1 aromatic carbocycles. The molecule has 1 unspecified atom stereocenters. The number of hydrogen-bond donors (Lipinski definition) is 1. The molecule has 0 spiro atoms. The maximum atomic E-state index is 6.31. The Balaban J connectivity index is 2.45. The lowest BCUT2D eigenvalue weighted by Crippen LogP contribution is -2.09. The first-order valence-electron chi connectivity index (χ1n) is 6.21. The molecule has 0 bridgehead atoms. The Kier molecular flexibility index (Phi) is 3.95. The minimum atomic E-state index is 0.492. The van der Waals surface area contributed by atoms with Gasteiger partial charge in [-0.05, 0) is 30.5 Å². The fraction of sp³-hybridized carbons (Fsp3) is 0.571. The molecule has 0 aliphatic carbocycles.